The van der Waals surface area contributed by atoms with Crippen LogP contribution in [-0.2, 0) is 19.4 Å². The lowest BCUT2D eigenvalue weighted by atomic mass is 10.1. The smallest absolute Gasteiger partial charge is 0.132 e. The van der Waals surface area contributed by atoms with Gasteiger partial charge in [-0.3, -0.25) is 0 Å². The van der Waals surface area contributed by atoms with Crippen LogP contribution in [0.1, 0.15) is 29.6 Å². The number of aromatic nitrogens is 2. The fourth-order valence-electron chi connectivity index (χ4n) is 1.82. The maximum Gasteiger partial charge on any atom is 0.132 e. The van der Waals surface area contributed by atoms with E-state index in [2.05, 4.69) is 32.0 Å². The quantitative estimate of drug-likeness (QED) is 0.945. The SMILES string of the molecule is CCc1nc(Cc2ccccc2Br)ncc1CO. The van der Waals surface area contributed by atoms with E-state index in [1.165, 1.54) is 0 Å². The normalized spacial score (nSPS) is 10.6. The molecule has 0 aliphatic rings. The summed E-state index contributed by atoms with van der Waals surface area (Å²) in [5.41, 5.74) is 2.90. The highest BCUT2D eigenvalue weighted by Gasteiger charge is 2.07. The average Bonchev–Trinajstić information content (AvgIpc) is 2.41. The lowest BCUT2D eigenvalue weighted by Gasteiger charge is -2.07. The molecular formula is C14H15BrN2O. The van der Waals surface area contributed by atoms with Crippen molar-refractivity contribution in [3.05, 3.63) is 57.6 Å². The Labute approximate surface area is 115 Å². The largest absolute Gasteiger partial charge is 0.392 e. The summed E-state index contributed by atoms with van der Waals surface area (Å²) in [5.74, 6) is 0.788. The van der Waals surface area contributed by atoms with Crippen molar-refractivity contribution >= 4 is 15.9 Å². The molecular weight excluding hydrogens is 292 g/mol. The van der Waals surface area contributed by atoms with Crippen molar-refractivity contribution in [3.63, 3.8) is 0 Å². The Balaban J connectivity index is 2.27. The van der Waals surface area contributed by atoms with E-state index in [1.807, 2.05) is 25.1 Å². The van der Waals surface area contributed by atoms with Gasteiger partial charge >= 0.3 is 0 Å². The van der Waals surface area contributed by atoms with Crippen molar-refractivity contribution < 1.29 is 5.11 Å². The van der Waals surface area contributed by atoms with Crippen LogP contribution in [0.2, 0.25) is 0 Å². The van der Waals surface area contributed by atoms with Crippen molar-refractivity contribution in [2.45, 2.75) is 26.4 Å². The molecule has 1 heterocycles. The van der Waals surface area contributed by atoms with Gasteiger partial charge in [0.05, 0.1) is 6.61 Å². The first-order valence-electron chi connectivity index (χ1n) is 5.92. The summed E-state index contributed by atoms with van der Waals surface area (Å²) in [6.07, 6.45) is 3.22. The highest BCUT2D eigenvalue weighted by Crippen LogP contribution is 2.18. The lowest BCUT2D eigenvalue weighted by Crippen LogP contribution is -2.04. The predicted octanol–water partition coefficient (Wildman–Crippen LogP) is 2.88. The van der Waals surface area contributed by atoms with E-state index in [4.69, 9.17) is 0 Å². The Morgan fingerprint density at radius 3 is 2.67 bits per heavy atom. The maximum absolute atomic E-state index is 9.19. The number of nitrogens with zero attached hydrogens (tertiary/aromatic N) is 2. The fourth-order valence-corrected chi connectivity index (χ4v) is 2.24. The summed E-state index contributed by atoms with van der Waals surface area (Å²) in [7, 11) is 0. The Bertz CT molecular complexity index is 543. The first-order valence-corrected chi connectivity index (χ1v) is 6.71. The van der Waals surface area contributed by atoms with Gasteiger partial charge in [-0.15, -0.1) is 0 Å². The van der Waals surface area contributed by atoms with Crippen LogP contribution in [-0.4, -0.2) is 15.1 Å². The van der Waals surface area contributed by atoms with E-state index in [0.717, 1.165) is 33.5 Å². The monoisotopic (exact) mass is 306 g/mol. The minimum Gasteiger partial charge on any atom is -0.392 e. The van der Waals surface area contributed by atoms with Crippen LogP contribution in [0.15, 0.2) is 34.9 Å². The molecule has 0 unspecified atom stereocenters. The van der Waals surface area contributed by atoms with Crippen LogP contribution in [0.4, 0.5) is 0 Å². The third-order valence-electron chi connectivity index (χ3n) is 2.82. The molecule has 0 amide bonds. The predicted molar refractivity (Wildman–Crippen MR) is 74.3 cm³/mol. The minimum absolute atomic E-state index is 0.00150. The molecule has 0 bridgehead atoms. The summed E-state index contributed by atoms with van der Waals surface area (Å²) in [4.78, 5) is 8.81. The Kier molecular flexibility index (Phi) is 4.44. The molecule has 2 aromatic rings. The van der Waals surface area contributed by atoms with Gasteiger partial charge in [0.15, 0.2) is 0 Å². The summed E-state index contributed by atoms with van der Waals surface area (Å²) in [6, 6.07) is 8.06. The molecule has 0 saturated heterocycles. The van der Waals surface area contributed by atoms with Crippen molar-refractivity contribution in [3.8, 4) is 0 Å². The highest BCUT2D eigenvalue weighted by molar-refractivity contribution is 9.10. The van der Waals surface area contributed by atoms with E-state index in [-0.39, 0.29) is 6.61 Å². The number of rotatable bonds is 4. The van der Waals surface area contributed by atoms with E-state index in [0.29, 0.717) is 6.42 Å². The third-order valence-corrected chi connectivity index (χ3v) is 3.59. The number of halogens is 1. The summed E-state index contributed by atoms with van der Waals surface area (Å²) in [6.45, 7) is 2.03. The van der Waals surface area contributed by atoms with Crippen LogP contribution >= 0.6 is 15.9 Å². The average molecular weight is 307 g/mol. The van der Waals surface area contributed by atoms with Gasteiger partial charge in [-0.1, -0.05) is 41.1 Å². The Morgan fingerprint density at radius 2 is 2.00 bits per heavy atom. The Hall–Kier alpha value is -1.26. The van der Waals surface area contributed by atoms with Crippen molar-refractivity contribution in [1.29, 1.82) is 0 Å². The zero-order valence-corrected chi connectivity index (χ0v) is 11.8. The molecule has 2 rings (SSSR count). The molecule has 4 heteroatoms. The van der Waals surface area contributed by atoms with Crippen LogP contribution < -0.4 is 0 Å². The molecule has 0 spiro atoms. The van der Waals surface area contributed by atoms with Gasteiger partial charge in [0.2, 0.25) is 0 Å². The van der Waals surface area contributed by atoms with Gasteiger partial charge in [0, 0.05) is 28.3 Å². The molecule has 1 N–H and O–H groups in total. The highest BCUT2D eigenvalue weighted by atomic mass is 79.9. The maximum atomic E-state index is 9.19. The zero-order chi connectivity index (χ0) is 13.0. The number of aliphatic hydroxyl groups is 1. The van der Waals surface area contributed by atoms with E-state index < -0.39 is 0 Å². The van der Waals surface area contributed by atoms with E-state index >= 15 is 0 Å². The lowest BCUT2D eigenvalue weighted by molar-refractivity contribution is 0.279. The van der Waals surface area contributed by atoms with Crippen LogP contribution in [0.5, 0.6) is 0 Å². The molecule has 1 aromatic heterocycles. The fraction of sp³-hybridized carbons (Fsp3) is 0.286. The van der Waals surface area contributed by atoms with Crippen LogP contribution in [0.3, 0.4) is 0 Å². The molecule has 0 radical (unpaired) electrons. The van der Waals surface area contributed by atoms with E-state index in [1.54, 1.807) is 6.20 Å². The third kappa shape index (κ3) is 2.94. The first kappa shape index (κ1) is 13.2. The van der Waals surface area contributed by atoms with Gasteiger partial charge in [-0.05, 0) is 18.1 Å². The number of hydrogen-bond donors (Lipinski definition) is 1. The second-order valence-corrected chi connectivity index (χ2v) is 4.89. The molecule has 3 nitrogen and oxygen atoms in total. The van der Waals surface area contributed by atoms with Crippen molar-refractivity contribution in [1.82, 2.24) is 9.97 Å². The zero-order valence-electron chi connectivity index (χ0n) is 10.2. The number of aryl methyl sites for hydroxylation is 1. The summed E-state index contributed by atoms with van der Waals surface area (Å²) in [5, 5.41) is 9.19. The summed E-state index contributed by atoms with van der Waals surface area (Å²) < 4.78 is 1.07. The topological polar surface area (TPSA) is 46.0 Å². The Morgan fingerprint density at radius 1 is 1.22 bits per heavy atom. The van der Waals surface area contributed by atoms with E-state index in [9.17, 15) is 5.11 Å². The molecule has 18 heavy (non-hydrogen) atoms. The van der Waals surface area contributed by atoms with Gasteiger partial charge in [0.1, 0.15) is 5.82 Å². The molecule has 0 fully saturated rings. The molecule has 0 aliphatic heterocycles. The van der Waals surface area contributed by atoms with Gasteiger partial charge in [-0.2, -0.15) is 0 Å². The molecule has 0 aliphatic carbocycles. The van der Waals surface area contributed by atoms with Gasteiger partial charge in [0.25, 0.3) is 0 Å². The molecule has 0 atom stereocenters. The van der Waals surface area contributed by atoms with Crippen LogP contribution in [0.25, 0.3) is 0 Å². The van der Waals surface area contributed by atoms with Gasteiger partial charge < -0.3 is 5.11 Å². The minimum atomic E-state index is -0.00150. The van der Waals surface area contributed by atoms with Crippen LogP contribution in [0, 0.1) is 0 Å². The molecule has 94 valence electrons. The summed E-state index contributed by atoms with van der Waals surface area (Å²) >= 11 is 3.52. The van der Waals surface area contributed by atoms with Gasteiger partial charge in [-0.25, -0.2) is 9.97 Å². The second-order valence-electron chi connectivity index (χ2n) is 4.04. The standard InChI is InChI=1S/C14H15BrN2O/c1-2-13-11(9-18)8-16-14(17-13)7-10-5-3-4-6-12(10)15/h3-6,8,18H,2,7,9H2,1H3. The number of aliphatic hydroxyl groups excluding tert-OH is 1. The number of hydrogen-bond acceptors (Lipinski definition) is 3. The molecule has 1 aromatic carbocycles. The van der Waals surface area contributed by atoms with Crippen molar-refractivity contribution in [2.75, 3.05) is 0 Å². The van der Waals surface area contributed by atoms with Crippen molar-refractivity contribution in [2.24, 2.45) is 0 Å². The number of benzene rings is 1. The first-order chi connectivity index (χ1) is 8.74. The molecule has 0 saturated carbocycles. The second kappa shape index (κ2) is 6.07.